The van der Waals surface area contributed by atoms with Crippen molar-refractivity contribution in [3.8, 4) is 0 Å². The van der Waals surface area contributed by atoms with Gasteiger partial charge in [0.2, 0.25) is 5.91 Å². The summed E-state index contributed by atoms with van der Waals surface area (Å²) in [6.07, 6.45) is 13.4. The summed E-state index contributed by atoms with van der Waals surface area (Å²) in [5.74, 6) is 1.49. The maximum Gasteiger partial charge on any atom is 0.256 e. The van der Waals surface area contributed by atoms with Crippen LogP contribution in [0.15, 0.2) is 17.2 Å². The Hall–Kier alpha value is -2.48. The Kier molecular flexibility index (Phi) is 6.13. The molecular weight excluding hydrogens is 404 g/mol. The van der Waals surface area contributed by atoms with Crippen molar-refractivity contribution in [3.05, 3.63) is 45.4 Å². The molecule has 2 fully saturated rings. The van der Waals surface area contributed by atoms with E-state index in [9.17, 15) is 9.59 Å². The number of carbonyl (C=O) groups excluding carboxylic acids is 1. The van der Waals surface area contributed by atoms with Gasteiger partial charge in [-0.25, -0.2) is 4.98 Å². The molecule has 8 heteroatoms. The molecule has 1 saturated heterocycles. The fraction of sp³-hybridized carbons (Fsp3) is 0.667. The van der Waals surface area contributed by atoms with Crippen molar-refractivity contribution in [3.63, 3.8) is 0 Å². The molecule has 4 heterocycles. The SMILES string of the molecule is Cn1cc(CN2CCC[C@@H]2c2nc3c(c(=O)[nH]2)CN(C(=O)CC2CCCCC2)CC3)cn1. The van der Waals surface area contributed by atoms with E-state index in [1.807, 2.05) is 29.0 Å². The Morgan fingerprint density at radius 3 is 2.78 bits per heavy atom. The second-order valence-electron chi connectivity index (χ2n) is 9.80. The van der Waals surface area contributed by atoms with Crippen molar-refractivity contribution >= 4 is 5.91 Å². The van der Waals surface area contributed by atoms with Gasteiger partial charge in [-0.3, -0.25) is 19.2 Å². The highest BCUT2D eigenvalue weighted by Gasteiger charge is 2.31. The first-order chi connectivity index (χ1) is 15.6. The highest BCUT2D eigenvalue weighted by atomic mass is 16.2. The number of fused-ring (bicyclic) bond motifs is 1. The highest BCUT2D eigenvalue weighted by Crippen LogP contribution is 2.32. The van der Waals surface area contributed by atoms with Crippen LogP contribution in [-0.2, 0) is 31.4 Å². The number of carbonyl (C=O) groups is 1. The first-order valence-corrected chi connectivity index (χ1v) is 12.2. The number of aromatic nitrogens is 4. The average molecular weight is 439 g/mol. The first-order valence-electron chi connectivity index (χ1n) is 12.2. The second kappa shape index (κ2) is 9.17. The molecule has 1 amide bonds. The van der Waals surface area contributed by atoms with Gasteiger partial charge in [-0.2, -0.15) is 5.10 Å². The van der Waals surface area contributed by atoms with Gasteiger partial charge in [-0.05, 0) is 38.1 Å². The Labute approximate surface area is 189 Å². The minimum Gasteiger partial charge on any atom is -0.338 e. The van der Waals surface area contributed by atoms with Crippen LogP contribution < -0.4 is 5.56 Å². The number of aryl methyl sites for hydroxylation is 1. The van der Waals surface area contributed by atoms with Crippen LogP contribution >= 0.6 is 0 Å². The van der Waals surface area contributed by atoms with Gasteiger partial charge < -0.3 is 9.88 Å². The van der Waals surface area contributed by atoms with E-state index in [2.05, 4.69) is 15.0 Å². The Balaban J connectivity index is 1.28. The number of nitrogens with zero attached hydrogens (tertiary/aromatic N) is 5. The Morgan fingerprint density at radius 1 is 1.16 bits per heavy atom. The minimum absolute atomic E-state index is 0.0756. The third-order valence-electron chi connectivity index (χ3n) is 7.45. The molecule has 0 radical (unpaired) electrons. The van der Waals surface area contributed by atoms with E-state index in [4.69, 9.17) is 4.98 Å². The zero-order chi connectivity index (χ0) is 22.1. The van der Waals surface area contributed by atoms with Gasteiger partial charge in [0.1, 0.15) is 5.82 Å². The van der Waals surface area contributed by atoms with Crippen LogP contribution in [0, 0.1) is 5.92 Å². The number of amides is 1. The monoisotopic (exact) mass is 438 g/mol. The van der Waals surface area contributed by atoms with Crippen molar-refractivity contribution < 1.29 is 4.79 Å². The molecule has 1 N–H and O–H groups in total. The molecule has 32 heavy (non-hydrogen) atoms. The molecule has 3 aliphatic rings. The average Bonchev–Trinajstić information content (AvgIpc) is 3.43. The van der Waals surface area contributed by atoms with Crippen molar-refractivity contribution in [2.45, 2.75) is 76.9 Å². The summed E-state index contributed by atoms with van der Waals surface area (Å²) >= 11 is 0. The van der Waals surface area contributed by atoms with Gasteiger partial charge in [0.25, 0.3) is 5.56 Å². The molecule has 1 aliphatic carbocycles. The van der Waals surface area contributed by atoms with Crippen LogP contribution in [0.1, 0.15) is 80.1 Å². The molecule has 2 aromatic heterocycles. The van der Waals surface area contributed by atoms with Crippen molar-refractivity contribution in [1.82, 2.24) is 29.5 Å². The van der Waals surface area contributed by atoms with Crippen LogP contribution in [0.2, 0.25) is 0 Å². The Morgan fingerprint density at radius 2 is 2.00 bits per heavy atom. The van der Waals surface area contributed by atoms with E-state index in [0.29, 0.717) is 37.4 Å². The molecule has 0 unspecified atom stereocenters. The van der Waals surface area contributed by atoms with Crippen molar-refractivity contribution in [1.29, 1.82) is 0 Å². The van der Waals surface area contributed by atoms with Crippen LogP contribution in [0.3, 0.4) is 0 Å². The molecule has 1 saturated carbocycles. The van der Waals surface area contributed by atoms with Crippen LogP contribution in [0.25, 0.3) is 0 Å². The van der Waals surface area contributed by atoms with Gasteiger partial charge >= 0.3 is 0 Å². The fourth-order valence-corrected chi connectivity index (χ4v) is 5.70. The van der Waals surface area contributed by atoms with E-state index in [-0.39, 0.29) is 17.5 Å². The van der Waals surface area contributed by atoms with Gasteiger partial charge in [-0.15, -0.1) is 0 Å². The van der Waals surface area contributed by atoms with E-state index in [1.54, 1.807) is 0 Å². The smallest absolute Gasteiger partial charge is 0.256 e. The lowest BCUT2D eigenvalue weighted by atomic mass is 9.86. The maximum absolute atomic E-state index is 13.0. The van der Waals surface area contributed by atoms with Crippen LogP contribution in [0.5, 0.6) is 0 Å². The van der Waals surface area contributed by atoms with E-state index < -0.39 is 0 Å². The second-order valence-corrected chi connectivity index (χ2v) is 9.80. The number of hydrogen-bond acceptors (Lipinski definition) is 5. The zero-order valence-corrected chi connectivity index (χ0v) is 19.1. The molecule has 2 aliphatic heterocycles. The molecule has 2 aromatic rings. The fourth-order valence-electron chi connectivity index (χ4n) is 5.70. The van der Waals surface area contributed by atoms with Crippen molar-refractivity contribution in [2.24, 2.45) is 13.0 Å². The number of aromatic amines is 1. The van der Waals surface area contributed by atoms with Crippen LogP contribution in [0.4, 0.5) is 0 Å². The molecule has 0 bridgehead atoms. The summed E-state index contributed by atoms with van der Waals surface area (Å²) in [5.41, 5.74) is 2.65. The number of likely N-dealkylation sites (tertiary alicyclic amines) is 1. The Bertz CT molecular complexity index is 1020. The quantitative estimate of drug-likeness (QED) is 0.776. The lowest BCUT2D eigenvalue weighted by Gasteiger charge is -2.31. The van der Waals surface area contributed by atoms with Gasteiger partial charge in [0.05, 0.1) is 30.0 Å². The maximum atomic E-state index is 13.0. The molecule has 5 rings (SSSR count). The summed E-state index contributed by atoms with van der Waals surface area (Å²) < 4.78 is 1.82. The summed E-state index contributed by atoms with van der Waals surface area (Å²) in [6.45, 7) is 2.86. The largest absolute Gasteiger partial charge is 0.338 e. The summed E-state index contributed by atoms with van der Waals surface area (Å²) in [5, 5.41) is 4.27. The summed E-state index contributed by atoms with van der Waals surface area (Å²) in [7, 11) is 1.93. The van der Waals surface area contributed by atoms with E-state index >= 15 is 0 Å². The van der Waals surface area contributed by atoms with E-state index in [1.165, 1.54) is 37.7 Å². The molecule has 1 atom stereocenters. The van der Waals surface area contributed by atoms with Crippen LogP contribution in [-0.4, -0.2) is 48.5 Å². The van der Waals surface area contributed by atoms with Gasteiger partial charge in [0, 0.05) is 44.7 Å². The number of hydrogen-bond donors (Lipinski definition) is 1. The van der Waals surface area contributed by atoms with Gasteiger partial charge in [-0.1, -0.05) is 19.3 Å². The normalized spacial score (nSPS) is 22.3. The standard InChI is InChI=1S/C24H34N6O2/c1-28-14-18(13-25-28)15-29-10-5-8-21(29)23-26-20-9-11-30(16-19(20)24(32)27-23)22(31)12-17-6-3-2-4-7-17/h13-14,17,21H,2-12,15-16H2,1H3,(H,26,27,32)/t21-/m1/s1. The lowest BCUT2D eigenvalue weighted by Crippen LogP contribution is -2.41. The third kappa shape index (κ3) is 4.51. The summed E-state index contributed by atoms with van der Waals surface area (Å²) in [4.78, 5) is 38.1. The van der Waals surface area contributed by atoms with Gasteiger partial charge in [0.15, 0.2) is 0 Å². The highest BCUT2D eigenvalue weighted by molar-refractivity contribution is 5.76. The number of nitrogens with one attached hydrogen (secondary N) is 1. The first kappa shape index (κ1) is 21.4. The predicted octanol–water partition coefficient (Wildman–Crippen LogP) is 2.70. The topological polar surface area (TPSA) is 87.1 Å². The number of H-pyrrole nitrogens is 1. The minimum atomic E-state index is -0.0756. The molecule has 8 nitrogen and oxygen atoms in total. The number of rotatable bonds is 5. The molecule has 172 valence electrons. The van der Waals surface area contributed by atoms with E-state index in [0.717, 1.165) is 37.4 Å². The molecular formula is C24H34N6O2. The third-order valence-corrected chi connectivity index (χ3v) is 7.45. The lowest BCUT2D eigenvalue weighted by molar-refractivity contribution is -0.133. The molecule has 0 aromatic carbocycles. The predicted molar refractivity (Wildman–Crippen MR) is 121 cm³/mol. The zero-order valence-electron chi connectivity index (χ0n) is 19.1. The summed E-state index contributed by atoms with van der Waals surface area (Å²) in [6, 6.07) is 0.124. The van der Waals surface area contributed by atoms with Crippen molar-refractivity contribution in [2.75, 3.05) is 13.1 Å². The molecule has 0 spiro atoms.